The van der Waals surface area contributed by atoms with Crippen LogP contribution in [0.3, 0.4) is 0 Å². The Morgan fingerprint density at radius 2 is 2.11 bits per heavy atom. The van der Waals surface area contributed by atoms with E-state index in [0.717, 1.165) is 19.3 Å². The summed E-state index contributed by atoms with van der Waals surface area (Å²) < 4.78 is 5.46. The number of amides is 1. The predicted molar refractivity (Wildman–Crippen MR) is 73.9 cm³/mol. The molecule has 1 rings (SSSR count). The summed E-state index contributed by atoms with van der Waals surface area (Å²) in [5, 5.41) is 2.85. The molecule has 4 heteroatoms. The van der Waals surface area contributed by atoms with Crippen LogP contribution in [0.15, 0.2) is 18.2 Å². The van der Waals surface area contributed by atoms with Crippen LogP contribution in [-0.2, 0) is 0 Å². The predicted octanol–water partition coefficient (Wildman–Crippen LogP) is 2.59. The molecule has 0 aliphatic rings. The fourth-order valence-electron chi connectivity index (χ4n) is 1.51. The lowest BCUT2D eigenvalue weighted by molar-refractivity contribution is 0.0953. The second-order valence-corrected chi connectivity index (χ2v) is 4.21. The van der Waals surface area contributed by atoms with Crippen LogP contribution in [0.1, 0.15) is 43.5 Å². The summed E-state index contributed by atoms with van der Waals surface area (Å²) in [5.74, 6) is 0.555. The number of nitrogens with two attached hydrogens (primary N) is 1. The van der Waals surface area contributed by atoms with Gasteiger partial charge in [0.2, 0.25) is 0 Å². The van der Waals surface area contributed by atoms with Crippen LogP contribution in [0.25, 0.3) is 0 Å². The Kier molecular flexibility index (Phi) is 6.05. The van der Waals surface area contributed by atoms with Crippen molar-refractivity contribution in [1.29, 1.82) is 0 Å². The lowest BCUT2D eigenvalue weighted by Crippen LogP contribution is -2.24. The van der Waals surface area contributed by atoms with Gasteiger partial charge in [0, 0.05) is 12.1 Å². The monoisotopic (exact) mass is 250 g/mol. The zero-order valence-electron chi connectivity index (χ0n) is 11.2. The Morgan fingerprint density at radius 3 is 2.72 bits per heavy atom. The molecule has 1 amide bonds. The average Bonchev–Trinajstić information content (AvgIpc) is 2.37. The number of nitrogen functional groups attached to an aromatic ring is 1. The quantitative estimate of drug-likeness (QED) is 0.577. The second kappa shape index (κ2) is 7.58. The lowest BCUT2D eigenvalue weighted by Gasteiger charge is -2.10. The number of carbonyl (C=O) groups excluding carboxylic acids is 1. The Hall–Kier alpha value is -1.71. The third kappa shape index (κ3) is 4.28. The van der Waals surface area contributed by atoms with Gasteiger partial charge >= 0.3 is 0 Å². The highest BCUT2D eigenvalue weighted by atomic mass is 16.5. The SMILES string of the molecule is CCCCNC(=O)c1ccc(OCCC)c(N)c1. The van der Waals surface area contributed by atoms with Crippen LogP contribution < -0.4 is 15.8 Å². The van der Waals surface area contributed by atoms with E-state index in [1.54, 1.807) is 18.2 Å². The van der Waals surface area contributed by atoms with Gasteiger partial charge < -0.3 is 15.8 Å². The lowest BCUT2D eigenvalue weighted by atomic mass is 10.1. The molecule has 0 fully saturated rings. The van der Waals surface area contributed by atoms with Crippen LogP contribution in [0.2, 0.25) is 0 Å². The molecule has 0 bridgehead atoms. The Balaban J connectivity index is 2.62. The first-order chi connectivity index (χ1) is 8.69. The second-order valence-electron chi connectivity index (χ2n) is 4.21. The van der Waals surface area contributed by atoms with Crippen molar-refractivity contribution in [2.45, 2.75) is 33.1 Å². The highest BCUT2D eigenvalue weighted by molar-refractivity contribution is 5.95. The average molecular weight is 250 g/mol. The summed E-state index contributed by atoms with van der Waals surface area (Å²) >= 11 is 0. The summed E-state index contributed by atoms with van der Waals surface area (Å²) in [5.41, 5.74) is 6.93. The molecule has 0 spiro atoms. The largest absolute Gasteiger partial charge is 0.491 e. The molecular weight excluding hydrogens is 228 g/mol. The molecule has 1 aromatic rings. The molecule has 0 saturated heterocycles. The normalized spacial score (nSPS) is 10.1. The van der Waals surface area contributed by atoms with Crippen molar-refractivity contribution in [2.75, 3.05) is 18.9 Å². The maximum absolute atomic E-state index is 11.8. The number of hydrogen-bond donors (Lipinski definition) is 2. The van der Waals surface area contributed by atoms with Gasteiger partial charge in [-0.2, -0.15) is 0 Å². The number of carbonyl (C=O) groups is 1. The van der Waals surface area contributed by atoms with E-state index < -0.39 is 0 Å². The van der Waals surface area contributed by atoms with Gasteiger partial charge in [-0.25, -0.2) is 0 Å². The number of hydrogen-bond acceptors (Lipinski definition) is 3. The van der Waals surface area contributed by atoms with Crippen LogP contribution in [-0.4, -0.2) is 19.1 Å². The van der Waals surface area contributed by atoms with Gasteiger partial charge in [-0.15, -0.1) is 0 Å². The molecule has 0 saturated carbocycles. The highest BCUT2D eigenvalue weighted by Gasteiger charge is 2.08. The van der Waals surface area contributed by atoms with E-state index in [1.807, 2.05) is 6.92 Å². The molecule has 100 valence electrons. The zero-order chi connectivity index (χ0) is 13.4. The minimum absolute atomic E-state index is 0.0859. The molecule has 0 unspecified atom stereocenters. The van der Waals surface area contributed by atoms with Crippen LogP contribution >= 0.6 is 0 Å². The van der Waals surface area contributed by atoms with Gasteiger partial charge in [0.05, 0.1) is 12.3 Å². The number of anilines is 1. The summed E-state index contributed by atoms with van der Waals surface area (Å²) in [7, 11) is 0. The molecule has 0 aliphatic heterocycles. The van der Waals surface area contributed by atoms with Crippen molar-refractivity contribution in [3.05, 3.63) is 23.8 Å². The minimum Gasteiger partial charge on any atom is -0.491 e. The van der Waals surface area contributed by atoms with Crippen molar-refractivity contribution in [3.63, 3.8) is 0 Å². The van der Waals surface area contributed by atoms with Gasteiger partial charge in [-0.3, -0.25) is 4.79 Å². The third-order valence-corrected chi connectivity index (χ3v) is 2.55. The maximum atomic E-state index is 11.8. The van der Waals surface area contributed by atoms with E-state index in [9.17, 15) is 4.79 Å². The van der Waals surface area contributed by atoms with Crippen molar-refractivity contribution in [1.82, 2.24) is 5.32 Å². The fraction of sp³-hybridized carbons (Fsp3) is 0.500. The first-order valence-electron chi connectivity index (χ1n) is 6.49. The fourth-order valence-corrected chi connectivity index (χ4v) is 1.51. The van der Waals surface area contributed by atoms with Crippen molar-refractivity contribution < 1.29 is 9.53 Å². The Bertz CT molecular complexity index is 391. The van der Waals surface area contributed by atoms with Crippen LogP contribution in [0.5, 0.6) is 5.75 Å². The van der Waals surface area contributed by atoms with E-state index in [0.29, 0.717) is 30.2 Å². The number of ether oxygens (including phenoxy) is 1. The van der Waals surface area contributed by atoms with Gasteiger partial charge in [-0.05, 0) is 31.0 Å². The molecule has 0 heterocycles. The molecule has 1 aromatic carbocycles. The number of benzene rings is 1. The standard InChI is InChI=1S/C14H22N2O2/c1-3-5-8-16-14(17)11-6-7-13(12(15)10-11)18-9-4-2/h6-7,10H,3-5,8-9,15H2,1-2H3,(H,16,17). The van der Waals surface area contributed by atoms with Gasteiger partial charge in [0.1, 0.15) is 5.75 Å². The molecule has 0 radical (unpaired) electrons. The minimum atomic E-state index is -0.0859. The molecular formula is C14H22N2O2. The molecule has 4 nitrogen and oxygen atoms in total. The maximum Gasteiger partial charge on any atom is 0.251 e. The molecule has 18 heavy (non-hydrogen) atoms. The first kappa shape index (κ1) is 14.4. The molecule has 3 N–H and O–H groups in total. The van der Waals surface area contributed by atoms with Gasteiger partial charge in [0.15, 0.2) is 0 Å². The van der Waals surface area contributed by atoms with Crippen molar-refractivity contribution >= 4 is 11.6 Å². The van der Waals surface area contributed by atoms with Crippen LogP contribution in [0, 0.1) is 0 Å². The Morgan fingerprint density at radius 1 is 1.33 bits per heavy atom. The number of nitrogens with one attached hydrogen (secondary N) is 1. The number of rotatable bonds is 7. The zero-order valence-corrected chi connectivity index (χ0v) is 11.2. The Labute approximate surface area is 109 Å². The molecule has 0 atom stereocenters. The van der Waals surface area contributed by atoms with E-state index in [-0.39, 0.29) is 5.91 Å². The number of unbranched alkanes of at least 4 members (excludes halogenated alkanes) is 1. The molecule has 0 aromatic heterocycles. The smallest absolute Gasteiger partial charge is 0.251 e. The van der Waals surface area contributed by atoms with E-state index in [1.165, 1.54) is 0 Å². The summed E-state index contributed by atoms with van der Waals surface area (Å²) in [6.45, 7) is 5.45. The van der Waals surface area contributed by atoms with E-state index >= 15 is 0 Å². The topological polar surface area (TPSA) is 64.3 Å². The van der Waals surface area contributed by atoms with Crippen molar-refractivity contribution in [3.8, 4) is 5.75 Å². The molecule has 0 aliphatic carbocycles. The summed E-state index contributed by atoms with van der Waals surface area (Å²) in [6.07, 6.45) is 2.98. The first-order valence-corrected chi connectivity index (χ1v) is 6.49. The summed E-state index contributed by atoms with van der Waals surface area (Å²) in [4.78, 5) is 11.8. The van der Waals surface area contributed by atoms with Crippen molar-refractivity contribution in [2.24, 2.45) is 0 Å². The van der Waals surface area contributed by atoms with E-state index in [2.05, 4.69) is 12.2 Å². The van der Waals surface area contributed by atoms with Gasteiger partial charge in [0.25, 0.3) is 5.91 Å². The summed E-state index contributed by atoms with van der Waals surface area (Å²) in [6, 6.07) is 5.15. The third-order valence-electron chi connectivity index (χ3n) is 2.55. The van der Waals surface area contributed by atoms with Gasteiger partial charge in [-0.1, -0.05) is 20.3 Å². The van der Waals surface area contributed by atoms with E-state index in [4.69, 9.17) is 10.5 Å². The highest BCUT2D eigenvalue weighted by Crippen LogP contribution is 2.22. The van der Waals surface area contributed by atoms with Crippen LogP contribution in [0.4, 0.5) is 5.69 Å².